The summed E-state index contributed by atoms with van der Waals surface area (Å²) in [6.45, 7) is 2.18. The highest BCUT2D eigenvalue weighted by Gasteiger charge is 2.34. The molecule has 0 amide bonds. The maximum absolute atomic E-state index is 7.30. The van der Waals surface area contributed by atoms with Crippen molar-refractivity contribution in [2.45, 2.75) is 178 Å². The van der Waals surface area contributed by atoms with E-state index < -0.39 is 18.3 Å². The van der Waals surface area contributed by atoms with Crippen molar-refractivity contribution in [1.29, 1.82) is 0 Å². The molecular weight excluding hydrogens is 1140 g/mol. The summed E-state index contributed by atoms with van der Waals surface area (Å²) in [7, 11) is 0. The Morgan fingerprint density at radius 3 is 0.839 bits per heavy atom. The van der Waals surface area contributed by atoms with Crippen LogP contribution in [0.15, 0.2) is 238 Å². The van der Waals surface area contributed by atoms with E-state index in [1.165, 1.54) is 77.0 Å². The lowest BCUT2D eigenvalue weighted by Crippen LogP contribution is -2.49. The molecule has 0 aromatic heterocycles. The first-order valence-electron chi connectivity index (χ1n) is 34.6. The third-order valence-corrected chi connectivity index (χ3v) is 18.7. The highest BCUT2D eigenvalue weighted by atomic mass is 16.6. The summed E-state index contributed by atoms with van der Waals surface area (Å²) >= 11 is 0. The zero-order chi connectivity index (χ0) is 63.1. The largest absolute Gasteiger partial charge is 0.490 e. The molecule has 0 radical (unpaired) electrons. The summed E-state index contributed by atoms with van der Waals surface area (Å²) in [5.41, 5.74) is 12.1. The van der Waals surface area contributed by atoms with Crippen LogP contribution in [0.4, 0.5) is 0 Å². The summed E-state index contributed by atoms with van der Waals surface area (Å²) in [5.74, 6) is 16.8. The van der Waals surface area contributed by atoms with Gasteiger partial charge in [-0.1, -0.05) is 198 Å². The summed E-state index contributed by atoms with van der Waals surface area (Å²) in [4.78, 5) is 20.2. The van der Waals surface area contributed by atoms with Gasteiger partial charge >= 0.3 is 0 Å². The molecule has 0 spiro atoms. The first-order chi connectivity index (χ1) is 46.0. The molecule has 8 heteroatoms. The van der Waals surface area contributed by atoms with Gasteiger partial charge in [-0.2, -0.15) is 0 Å². The quantitative estimate of drug-likeness (QED) is 0.0597. The molecule has 0 N–H and O–H groups in total. The van der Waals surface area contributed by atoms with E-state index in [0.717, 1.165) is 118 Å². The second-order valence-electron chi connectivity index (χ2n) is 25.6. The number of rotatable bonds is 23. The minimum absolute atomic E-state index is 0.119. The van der Waals surface area contributed by atoms with Gasteiger partial charge in [-0.05, 0) is 223 Å². The number of nitrogens with zero attached hydrogens (tertiary/aromatic N) is 4. The van der Waals surface area contributed by atoms with Crippen molar-refractivity contribution < 1.29 is 18.9 Å². The van der Waals surface area contributed by atoms with Crippen LogP contribution in [0.25, 0.3) is 22.3 Å². The Bertz CT molecular complexity index is 3890. The fourth-order valence-electron chi connectivity index (χ4n) is 13.3. The lowest BCUT2D eigenvalue weighted by molar-refractivity contribution is -0.0321. The molecule has 4 aliphatic carbocycles. The van der Waals surface area contributed by atoms with Gasteiger partial charge in [0.2, 0.25) is 0 Å². The smallest absolute Gasteiger partial charge is 0.175 e. The normalized spacial score (nSPS) is 16.4. The first-order valence-corrected chi connectivity index (χ1v) is 34.6. The molecule has 8 nitrogen and oxygen atoms in total. The molecule has 8 aromatic carbocycles. The minimum Gasteiger partial charge on any atom is -0.490 e. The Labute approximate surface area is 552 Å². The van der Waals surface area contributed by atoms with Crippen LogP contribution in [0.1, 0.15) is 180 Å². The van der Waals surface area contributed by atoms with Gasteiger partial charge in [-0.15, -0.1) is 0 Å². The van der Waals surface area contributed by atoms with Crippen molar-refractivity contribution >= 4 is 45.8 Å². The van der Waals surface area contributed by atoms with Gasteiger partial charge in [-0.25, -0.2) is 20.0 Å². The molecule has 12 rings (SSSR count). The average molecular weight is 1230 g/mol. The van der Waals surface area contributed by atoms with Gasteiger partial charge in [0.25, 0.3) is 0 Å². The number of benzene rings is 8. The topological polar surface area (TPSA) is 86.4 Å². The van der Waals surface area contributed by atoms with E-state index in [9.17, 15) is 0 Å². The molecule has 4 fully saturated rings. The van der Waals surface area contributed by atoms with Crippen LogP contribution in [0.5, 0.6) is 23.0 Å². The van der Waals surface area contributed by atoms with Crippen LogP contribution >= 0.6 is 0 Å². The van der Waals surface area contributed by atoms with Crippen LogP contribution in [0, 0.1) is 0 Å². The van der Waals surface area contributed by atoms with Crippen molar-refractivity contribution in [1.82, 2.24) is 0 Å². The summed E-state index contributed by atoms with van der Waals surface area (Å²) in [6, 6.07) is 76.1. The third-order valence-electron chi connectivity index (χ3n) is 18.7. The molecule has 3 atom stereocenters. The van der Waals surface area contributed by atoms with E-state index in [1.54, 1.807) is 0 Å². The Balaban J connectivity index is 0.897. The zero-order valence-corrected chi connectivity index (χ0v) is 54.1. The van der Waals surface area contributed by atoms with Gasteiger partial charge < -0.3 is 18.9 Å². The maximum atomic E-state index is 7.30. The Morgan fingerprint density at radius 1 is 0.301 bits per heavy atom. The summed E-state index contributed by atoms with van der Waals surface area (Å²) < 4.78 is 28.5. The second kappa shape index (κ2) is 33.4. The monoisotopic (exact) mass is 1230 g/mol. The molecule has 0 bridgehead atoms. The zero-order valence-electron chi connectivity index (χ0n) is 54.1. The van der Waals surface area contributed by atoms with Crippen LogP contribution in [0.3, 0.4) is 0 Å². The second-order valence-corrected chi connectivity index (χ2v) is 25.6. The lowest BCUT2D eigenvalue weighted by Gasteiger charge is -2.33. The number of aliphatic imine (C=N–C) groups is 4. The minimum atomic E-state index is -0.722. The van der Waals surface area contributed by atoms with E-state index in [0.29, 0.717) is 35.1 Å². The number of hydrogen-bond acceptors (Lipinski definition) is 8. The fraction of sp³-hybridized carbons (Fsp3) is 0.341. The van der Waals surface area contributed by atoms with Crippen molar-refractivity contribution in [3.05, 3.63) is 263 Å². The predicted molar refractivity (Wildman–Crippen MR) is 383 cm³/mol. The van der Waals surface area contributed by atoms with Crippen molar-refractivity contribution in [3.63, 3.8) is 0 Å². The number of ether oxygens (including phenoxy) is 4. The fourth-order valence-corrected chi connectivity index (χ4v) is 13.3. The predicted octanol–water partition coefficient (Wildman–Crippen LogP) is 20.2. The van der Waals surface area contributed by atoms with Gasteiger partial charge in [0.15, 0.2) is 12.2 Å². The molecule has 472 valence electrons. The van der Waals surface area contributed by atoms with Crippen LogP contribution < -0.4 is 18.9 Å². The van der Waals surface area contributed by atoms with E-state index in [4.69, 9.17) is 38.9 Å². The Morgan fingerprint density at radius 2 is 0.548 bits per heavy atom. The van der Waals surface area contributed by atoms with E-state index in [1.807, 2.05) is 72.8 Å². The van der Waals surface area contributed by atoms with Crippen LogP contribution in [-0.4, -0.2) is 72.6 Å². The average Bonchev–Trinajstić information content (AvgIpc) is 1.41. The molecule has 3 unspecified atom stereocenters. The molecule has 0 heterocycles. The summed E-state index contributed by atoms with van der Waals surface area (Å²) in [5, 5.41) is 0. The van der Waals surface area contributed by atoms with Gasteiger partial charge in [0.05, 0.1) is 46.5 Å². The molecule has 0 aliphatic heterocycles. The first kappa shape index (κ1) is 63.9. The third kappa shape index (κ3) is 18.3. The van der Waals surface area contributed by atoms with Crippen molar-refractivity contribution in [3.8, 4) is 23.0 Å². The molecule has 0 saturated heterocycles. The van der Waals surface area contributed by atoms with E-state index in [2.05, 4.69) is 176 Å². The van der Waals surface area contributed by atoms with Crippen LogP contribution in [-0.2, 0) is 0 Å². The Kier molecular flexibility index (Phi) is 22.9. The maximum Gasteiger partial charge on any atom is 0.175 e. The standard InChI is InChI=1S/C85H88N4O4/c1-63(91-77-52-44-69(45-53-77)81(65-28-12-3-13-29-65)59-87-73-36-20-7-21-37-73)85(93-79-56-48-71(49-57-79)83(67-32-16-5-17-33-67)61-89-75-40-24-9-25-41-75)84(92-78-54-46-70(47-55-78)82(66-30-14-4-15-31-66)60-88-74-38-22-8-23-39-74)62-90-76-50-42-68(43-51-76)80(64-26-10-2-11-27-64)58-86-72-34-18-6-19-35-72/h2-5,10-17,26-33,42-57,63,72-75,84-85H,6-9,18-25,34-41,62H2,1H3. The lowest BCUT2D eigenvalue weighted by atomic mass is 9.96. The highest BCUT2D eigenvalue weighted by Crippen LogP contribution is 2.33. The highest BCUT2D eigenvalue weighted by molar-refractivity contribution is 6.01. The Hall–Kier alpha value is -9.24. The van der Waals surface area contributed by atoms with E-state index >= 15 is 0 Å². The number of hydrogen-bond donors (Lipinski definition) is 0. The van der Waals surface area contributed by atoms with Gasteiger partial charge in [0.1, 0.15) is 35.7 Å². The van der Waals surface area contributed by atoms with Crippen molar-refractivity contribution in [2.75, 3.05) is 6.61 Å². The molecule has 93 heavy (non-hydrogen) atoms. The molecule has 4 aliphatic rings. The van der Waals surface area contributed by atoms with E-state index in [-0.39, 0.29) is 18.7 Å². The molecule has 4 saturated carbocycles. The van der Waals surface area contributed by atoms with Crippen LogP contribution in [0.2, 0.25) is 0 Å². The molecular formula is C85H88N4O4. The van der Waals surface area contributed by atoms with Gasteiger partial charge in [0, 0.05) is 0 Å². The molecule has 8 aromatic rings. The van der Waals surface area contributed by atoms with Crippen molar-refractivity contribution in [2.24, 2.45) is 20.0 Å². The SMILES string of the molecule is CC(Oc1ccc(C(=C=NC2CCCCC2)c2ccccc2)cc1)C(Oc1ccc(C(=C=NC2CCCCC2)c2ccccc2)cc1)C(COc1ccc(C(=C=NC2CCCCC2)c2ccccc2)cc1)Oc1ccc(C(=C=NC2CCCCC2)c2ccccc2)cc1. The van der Waals surface area contributed by atoms with Gasteiger partial charge in [-0.3, -0.25) is 0 Å². The summed E-state index contributed by atoms with van der Waals surface area (Å²) in [6.07, 6.45) is 21.6.